The number of amides is 1. The molecule has 0 spiro atoms. The predicted molar refractivity (Wildman–Crippen MR) is 75.3 cm³/mol. The van der Waals surface area contributed by atoms with Gasteiger partial charge in [-0.2, -0.15) is 0 Å². The molecule has 18 heavy (non-hydrogen) atoms. The molecule has 1 aromatic heterocycles. The molecule has 0 aliphatic carbocycles. The van der Waals surface area contributed by atoms with Gasteiger partial charge < -0.3 is 5.32 Å². The highest BCUT2D eigenvalue weighted by molar-refractivity contribution is 6.34. The first-order chi connectivity index (χ1) is 8.43. The van der Waals surface area contributed by atoms with Crippen molar-refractivity contribution in [1.82, 2.24) is 10.3 Å². The minimum absolute atomic E-state index is 0.110. The van der Waals surface area contributed by atoms with Gasteiger partial charge in [-0.1, -0.05) is 43.5 Å². The molecule has 100 valence electrons. The summed E-state index contributed by atoms with van der Waals surface area (Å²) in [5, 5.41) is 3.33. The van der Waals surface area contributed by atoms with Gasteiger partial charge in [-0.15, -0.1) is 0 Å². The van der Waals surface area contributed by atoms with E-state index in [0.29, 0.717) is 11.5 Å². The van der Waals surface area contributed by atoms with Crippen LogP contribution in [0.2, 0.25) is 10.3 Å². The van der Waals surface area contributed by atoms with Crippen molar-refractivity contribution in [2.24, 2.45) is 5.92 Å². The highest BCUT2D eigenvalue weighted by atomic mass is 35.5. The third kappa shape index (κ3) is 4.46. The van der Waals surface area contributed by atoms with Crippen molar-refractivity contribution in [2.75, 3.05) is 0 Å². The minimum atomic E-state index is -0.208. The van der Waals surface area contributed by atoms with Crippen molar-refractivity contribution < 1.29 is 4.79 Å². The zero-order valence-corrected chi connectivity index (χ0v) is 12.3. The summed E-state index contributed by atoms with van der Waals surface area (Å²) >= 11 is 11.6. The van der Waals surface area contributed by atoms with Gasteiger partial charge in [0, 0.05) is 6.04 Å². The number of carbonyl (C=O) groups excluding carboxylic acids is 1. The summed E-state index contributed by atoms with van der Waals surface area (Å²) in [6, 6.07) is 3.25. The van der Waals surface area contributed by atoms with Gasteiger partial charge in [-0.25, -0.2) is 4.98 Å². The summed E-state index contributed by atoms with van der Waals surface area (Å²) in [4.78, 5) is 15.8. The van der Waals surface area contributed by atoms with Gasteiger partial charge >= 0.3 is 0 Å². The monoisotopic (exact) mass is 288 g/mol. The lowest BCUT2D eigenvalue weighted by Gasteiger charge is -2.17. The average molecular weight is 289 g/mol. The van der Waals surface area contributed by atoms with E-state index in [1.807, 2.05) is 6.92 Å². The van der Waals surface area contributed by atoms with Gasteiger partial charge in [0.1, 0.15) is 10.3 Å². The zero-order chi connectivity index (χ0) is 13.7. The molecule has 2 atom stereocenters. The van der Waals surface area contributed by atoms with E-state index in [1.165, 1.54) is 0 Å². The fraction of sp³-hybridized carbons (Fsp3) is 0.538. The Bertz CT molecular complexity index is 423. The van der Waals surface area contributed by atoms with E-state index in [2.05, 4.69) is 24.1 Å². The van der Waals surface area contributed by atoms with Crippen LogP contribution in [0.4, 0.5) is 0 Å². The van der Waals surface area contributed by atoms with Crippen LogP contribution in [-0.4, -0.2) is 16.9 Å². The van der Waals surface area contributed by atoms with Crippen LogP contribution >= 0.6 is 23.2 Å². The molecule has 0 fully saturated rings. The van der Waals surface area contributed by atoms with Gasteiger partial charge in [0.05, 0.1) is 5.56 Å². The summed E-state index contributed by atoms with van der Waals surface area (Å²) in [6.07, 6.45) is 2.05. The first-order valence-corrected chi connectivity index (χ1v) is 6.82. The molecule has 1 aromatic rings. The van der Waals surface area contributed by atoms with E-state index in [9.17, 15) is 4.79 Å². The van der Waals surface area contributed by atoms with Crippen molar-refractivity contribution in [3.63, 3.8) is 0 Å². The number of carbonyl (C=O) groups is 1. The number of rotatable bonds is 5. The summed E-state index contributed by atoms with van der Waals surface area (Å²) in [5.41, 5.74) is 0.358. The maximum absolute atomic E-state index is 12.0. The van der Waals surface area contributed by atoms with E-state index in [-0.39, 0.29) is 22.3 Å². The maximum Gasteiger partial charge on any atom is 0.254 e. The summed E-state index contributed by atoms with van der Waals surface area (Å²) in [6.45, 7) is 6.29. The van der Waals surface area contributed by atoms with Gasteiger partial charge in [-0.05, 0) is 31.4 Å². The molecule has 0 saturated heterocycles. The lowest BCUT2D eigenvalue weighted by atomic mass is 10.0. The number of pyridine rings is 1. The van der Waals surface area contributed by atoms with Crippen molar-refractivity contribution in [2.45, 2.75) is 39.7 Å². The third-order valence-electron chi connectivity index (χ3n) is 2.89. The average Bonchev–Trinajstić information content (AvgIpc) is 2.28. The summed E-state index contributed by atoms with van der Waals surface area (Å²) in [5.74, 6) is 0.374. The number of hydrogen-bond acceptors (Lipinski definition) is 2. The predicted octanol–water partition coefficient (Wildman–Crippen LogP) is 3.94. The lowest BCUT2D eigenvalue weighted by molar-refractivity contribution is 0.0935. The van der Waals surface area contributed by atoms with E-state index < -0.39 is 0 Å². The molecule has 1 rings (SSSR count). The second-order valence-corrected chi connectivity index (χ2v) is 5.34. The lowest BCUT2D eigenvalue weighted by Crippen LogP contribution is -2.34. The topological polar surface area (TPSA) is 42.0 Å². The molecule has 0 aliphatic heterocycles. The number of aromatic nitrogens is 1. The molecule has 0 radical (unpaired) electrons. The molecule has 1 N–H and O–H groups in total. The van der Waals surface area contributed by atoms with Crippen LogP contribution in [0.5, 0.6) is 0 Å². The van der Waals surface area contributed by atoms with Crippen LogP contribution in [0.25, 0.3) is 0 Å². The van der Waals surface area contributed by atoms with E-state index >= 15 is 0 Å². The maximum atomic E-state index is 12.0. The van der Waals surface area contributed by atoms with E-state index in [4.69, 9.17) is 23.2 Å². The standard InChI is InChI=1S/C13H18Cl2N2O/c1-4-8(2)7-9(3)16-13(18)10-5-6-11(14)17-12(10)15/h5-6,8-9H,4,7H2,1-3H3,(H,16,18). The quantitative estimate of drug-likeness (QED) is 0.834. The molecule has 0 aromatic carbocycles. The first kappa shape index (κ1) is 15.3. The zero-order valence-electron chi connectivity index (χ0n) is 10.8. The van der Waals surface area contributed by atoms with Crippen molar-refractivity contribution in [3.05, 3.63) is 28.0 Å². The number of hydrogen-bond donors (Lipinski definition) is 1. The summed E-state index contributed by atoms with van der Waals surface area (Å²) in [7, 11) is 0. The highest BCUT2D eigenvalue weighted by Crippen LogP contribution is 2.17. The van der Waals surface area contributed by atoms with E-state index in [0.717, 1.165) is 12.8 Å². The fourth-order valence-electron chi connectivity index (χ4n) is 1.71. The smallest absolute Gasteiger partial charge is 0.254 e. The van der Waals surface area contributed by atoms with Crippen molar-refractivity contribution >= 4 is 29.1 Å². The molecule has 1 heterocycles. The molecule has 3 nitrogen and oxygen atoms in total. The molecule has 0 aliphatic rings. The van der Waals surface area contributed by atoms with Crippen LogP contribution < -0.4 is 5.32 Å². The Morgan fingerprint density at radius 1 is 1.39 bits per heavy atom. The highest BCUT2D eigenvalue weighted by Gasteiger charge is 2.15. The number of nitrogens with zero attached hydrogens (tertiary/aromatic N) is 1. The Labute approximate surface area is 118 Å². The Morgan fingerprint density at radius 2 is 2.06 bits per heavy atom. The molecule has 1 amide bonds. The Kier molecular flexibility index (Phi) is 5.89. The largest absolute Gasteiger partial charge is 0.349 e. The number of halogens is 2. The van der Waals surface area contributed by atoms with Gasteiger partial charge in [0.15, 0.2) is 0 Å². The van der Waals surface area contributed by atoms with Crippen LogP contribution in [-0.2, 0) is 0 Å². The Morgan fingerprint density at radius 3 is 2.61 bits per heavy atom. The second-order valence-electron chi connectivity index (χ2n) is 4.60. The van der Waals surface area contributed by atoms with Gasteiger partial charge in [0.25, 0.3) is 5.91 Å². The van der Waals surface area contributed by atoms with Gasteiger partial charge in [0.2, 0.25) is 0 Å². The molecule has 2 unspecified atom stereocenters. The first-order valence-electron chi connectivity index (χ1n) is 6.07. The second kappa shape index (κ2) is 6.95. The SMILES string of the molecule is CCC(C)CC(C)NC(=O)c1ccc(Cl)nc1Cl. The van der Waals surface area contributed by atoms with Crippen LogP contribution in [0.15, 0.2) is 12.1 Å². The molecule has 0 saturated carbocycles. The van der Waals surface area contributed by atoms with Crippen LogP contribution in [0, 0.1) is 5.92 Å². The van der Waals surface area contributed by atoms with Crippen molar-refractivity contribution in [1.29, 1.82) is 0 Å². The van der Waals surface area contributed by atoms with Crippen LogP contribution in [0.3, 0.4) is 0 Å². The van der Waals surface area contributed by atoms with Crippen LogP contribution in [0.1, 0.15) is 44.0 Å². The summed E-state index contributed by atoms with van der Waals surface area (Å²) < 4.78 is 0. The Hall–Kier alpha value is -0.800. The minimum Gasteiger partial charge on any atom is -0.349 e. The fourth-order valence-corrected chi connectivity index (χ4v) is 2.14. The normalized spacial score (nSPS) is 14.1. The molecule has 5 heteroatoms. The molecule has 0 bridgehead atoms. The van der Waals surface area contributed by atoms with Gasteiger partial charge in [-0.3, -0.25) is 4.79 Å². The molecular formula is C13H18Cl2N2O. The third-order valence-corrected chi connectivity index (χ3v) is 3.39. The number of nitrogens with one attached hydrogen (secondary N) is 1. The van der Waals surface area contributed by atoms with E-state index in [1.54, 1.807) is 12.1 Å². The Balaban J connectivity index is 2.65. The molecular weight excluding hydrogens is 271 g/mol. The van der Waals surface area contributed by atoms with Crippen molar-refractivity contribution in [3.8, 4) is 0 Å².